The van der Waals surface area contributed by atoms with Crippen LogP contribution in [0, 0.1) is 5.92 Å². The third-order valence-electron chi connectivity index (χ3n) is 5.57. The van der Waals surface area contributed by atoms with Crippen molar-refractivity contribution in [2.75, 3.05) is 24.7 Å². The van der Waals surface area contributed by atoms with Crippen LogP contribution in [0.3, 0.4) is 0 Å². The summed E-state index contributed by atoms with van der Waals surface area (Å²) in [6, 6.07) is 13.7. The van der Waals surface area contributed by atoms with E-state index in [0.717, 1.165) is 44.3 Å². The Balaban J connectivity index is 1.58. The minimum absolute atomic E-state index is 0.0498. The summed E-state index contributed by atoms with van der Waals surface area (Å²) in [5.74, 6) is -0.177. The predicted octanol–water partition coefficient (Wildman–Crippen LogP) is 3.47. The van der Waals surface area contributed by atoms with Gasteiger partial charge in [-0.1, -0.05) is 18.2 Å². The molecule has 0 atom stereocenters. The number of amides is 2. The Bertz CT molecular complexity index is 1110. The molecule has 2 amide bonds. The van der Waals surface area contributed by atoms with Gasteiger partial charge < -0.3 is 10.6 Å². The second-order valence-corrected chi connectivity index (χ2v) is 11.8. The molecule has 0 unspecified atom stereocenters. The summed E-state index contributed by atoms with van der Waals surface area (Å²) in [6.07, 6.45) is 2.78. The summed E-state index contributed by atoms with van der Waals surface area (Å²) in [5, 5.41) is 5.93. The van der Waals surface area contributed by atoms with Crippen molar-refractivity contribution in [2.24, 2.45) is 5.92 Å². The van der Waals surface area contributed by atoms with Crippen molar-refractivity contribution < 1.29 is 18.0 Å². The molecule has 0 saturated carbocycles. The van der Waals surface area contributed by atoms with Gasteiger partial charge >= 0.3 is 0 Å². The molecule has 0 radical (unpaired) electrons. The normalized spacial score (nSPS) is 15.8. The number of piperidine rings is 1. The quantitative estimate of drug-likeness (QED) is 0.673. The standard InChI is InChI=1S/C25H33N3O4S/c1-25(2,3)27-24(30)19-11-13-28(14-12-19)17-18-7-5-9-21(15-18)26-23(29)20-8-6-10-22(16-20)33(4,31)32/h5-10,15-16,19H,11-14,17H2,1-4H3,(H,26,29)(H,27,30). The van der Waals surface area contributed by atoms with Crippen molar-refractivity contribution in [3.05, 3.63) is 59.7 Å². The average molecular weight is 472 g/mol. The molecule has 0 bridgehead atoms. The minimum Gasteiger partial charge on any atom is -0.351 e. The van der Waals surface area contributed by atoms with Crippen LogP contribution < -0.4 is 10.6 Å². The molecule has 1 heterocycles. The second-order valence-electron chi connectivity index (χ2n) is 9.74. The Kier molecular flexibility index (Phi) is 7.59. The van der Waals surface area contributed by atoms with E-state index in [0.29, 0.717) is 11.3 Å². The maximum absolute atomic E-state index is 12.6. The van der Waals surface area contributed by atoms with Crippen LogP contribution in [0.4, 0.5) is 5.69 Å². The largest absolute Gasteiger partial charge is 0.351 e. The van der Waals surface area contributed by atoms with Gasteiger partial charge in [0.15, 0.2) is 9.84 Å². The van der Waals surface area contributed by atoms with Crippen LogP contribution in [0.5, 0.6) is 0 Å². The highest BCUT2D eigenvalue weighted by molar-refractivity contribution is 7.90. The highest BCUT2D eigenvalue weighted by atomic mass is 32.2. The molecule has 2 aromatic carbocycles. The fourth-order valence-corrected chi connectivity index (χ4v) is 4.57. The fourth-order valence-electron chi connectivity index (χ4n) is 3.90. The lowest BCUT2D eigenvalue weighted by Gasteiger charge is -2.33. The third-order valence-corrected chi connectivity index (χ3v) is 6.68. The summed E-state index contributed by atoms with van der Waals surface area (Å²) < 4.78 is 23.5. The van der Waals surface area contributed by atoms with E-state index in [4.69, 9.17) is 0 Å². The molecule has 0 aliphatic carbocycles. The van der Waals surface area contributed by atoms with Gasteiger partial charge in [-0.3, -0.25) is 14.5 Å². The van der Waals surface area contributed by atoms with Gasteiger partial charge in [-0.15, -0.1) is 0 Å². The molecule has 1 fully saturated rings. The molecule has 0 spiro atoms. The number of nitrogens with one attached hydrogen (secondary N) is 2. The number of anilines is 1. The third kappa shape index (κ3) is 7.40. The lowest BCUT2D eigenvalue weighted by Crippen LogP contribution is -2.46. The molecule has 1 saturated heterocycles. The number of nitrogens with zero attached hydrogens (tertiary/aromatic N) is 1. The Morgan fingerprint density at radius 1 is 1.03 bits per heavy atom. The Labute approximate surface area is 196 Å². The van der Waals surface area contributed by atoms with E-state index < -0.39 is 9.84 Å². The maximum Gasteiger partial charge on any atom is 0.255 e. The molecular weight excluding hydrogens is 438 g/mol. The molecule has 8 heteroatoms. The molecule has 0 aromatic heterocycles. The van der Waals surface area contributed by atoms with Gasteiger partial charge in [-0.25, -0.2) is 8.42 Å². The van der Waals surface area contributed by atoms with Crippen molar-refractivity contribution in [1.29, 1.82) is 0 Å². The van der Waals surface area contributed by atoms with Crippen molar-refractivity contribution >= 4 is 27.3 Å². The van der Waals surface area contributed by atoms with Crippen LogP contribution in [-0.4, -0.2) is 50.0 Å². The van der Waals surface area contributed by atoms with Crippen LogP contribution in [0.2, 0.25) is 0 Å². The number of carbonyl (C=O) groups is 2. The number of rotatable bonds is 6. The first-order valence-electron chi connectivity index (χ1n) is 11.2. The van der Waals surface area contributed by atoms with Crippen molar-refractivity contribution in [3.8, 4) is 0 Å². The summed E-state index contributed by atoms with van der Waals surface area (Å²) in [5.41, 5.74) is 1.79. The zero-order chi connectivity index (χ0) is 24.2. The van der Waals surface area contributed by atoms with Crippen LogP contribution in [-0.2, 0) is 21.2 Å². The Morgan fingerprint density at radius 3 is 2.33 bits per heavy atom. The molecule has 2 aromatic rings. The molecule has 178 valence electrons. The van der Waals surface area contributed by atoms with Crippen molar-refractivity contribution in [2.45, 2.75) is 50.6 Å². The van der Waals surface area contributed by atoms with Gasteiger partial charge in [-0.2, -0.15) is 0 Å². The van der Waals surface area contributed by atoms with E-state index in [-0.39, 0.29) is 28.2 Å². The number of sulfone groups is 1. The Hall–Kier alpha value is -2.71. The molecule has 3 rings (SSSR count). The van der Waals surface area contributed by atoms with Crippen LogP contribution in [0.15, 0.2) is 53.4 Å². The first kappa shape index (κ1) is 24.9. The number of carbonyl (C=O) groups excluding carboxylic acids is 2. The van der Waals surface area contributed by atoms with Crippen molar-refractivity contribution in [1.82, 2.24) is 10.2 Å². The first-order valence-corrected chi connectivity index (χ1v) is 13.0. The lowest BCUT2D eigenvalue weighted by atomic mass is 9.94. The highest BCUT2D eigenvalue weighted by Crippen LogP contribution is 2.22. The van der Waals surface area contributed by atoms with Gasteiger partial charge in [0, 0.05) is 35.5 Å². The van der Waals surface area contributed by atoms with Gasteiger partial charge in [0.1, 0.15) is 0 Å². The van der Waals surface area contributed by atoms with Crippen LogP contribution in [0.25, 0.3) is 0 Å². The predicted molar refractivity (Wildman–Crippen MR) is 130 cm³/mol. The topological polar surface area (TPSA) is 95.6 Å². The smallest absolute Gasteiger partial charge is 0.255 e. The Morgan fingerprint density at radius 2 is 1.70 bits per heavy atom. The second kappa shape index (κ2) is 10.1. The summed E-state index contributed by atoms with van der Waals surface area (Å²) >= 11 is 0. The molecule has 1 aliphatic rings. The van der Waals surface area contributed by atoms with E-state index in [1.807, 2.05) is 45.0 Å². The minimum atomic E-state index is -3.38. The fraction of sp³-hybridized carbons (Fsp3) is 0.440. The van der Waals surface area contributed by atoms with Gasteiger partial charge in [0.2, 0.25) is 5.91 Å². The van der Waals surface area contributed by atoms with E-state index >= 15 is 0 Å². The summed E-state index contributed by atoms with van der Waals surface area (Å²) in [6.45, 7) is 8.41. The molecule has 2 N–H and O–H groups in total. The first-order chi connectivity index (χ1) is 15.4. The van der Waals surface area contributed by atoms with Crippen LogP contribution in [0.1, 0.15) is 49.5 Å². The number of hydrogen-bond acceptors (Lipinski definition) is 5. The van der Waals surface area contributed by atoms with E-state index in [9.17, 15) is 18.0 Å². The summed E-state index contributed by atoms with van der Waals surface area (Å²) in [4.78, 5) is 27.5. The molecule has 1 aliphatic heterocycles. The highest BCUT2D eigenvalue weighted by Gasteiger charge is 2.27. The van der Waals surface area contributed by atoms with Gasteiger partial charge in [0.25, 0.3) is 5.91 Å². The van der Waals surface area contributed by atoms with Crippen LogP contribution >= 0.6 is 0 Å². The van der Waals surface area contributed by atoms with Gasteiger partial charge in [-0.05, 0) is 82.6 Å². The lowest BCUT2D eigenvalue weighted by molar-refractivity contribution is -0.127. The number of hydrogen-bond donors (Lipinski definition) is 2. The maximum atomic E-state index is 12.6. The van der Waals surface area contributed by atoms with E-state index in [1.54, 1.807) is 12.1 Å². The zero-order valence-electron chi connectivity index (χ0n) is 19.7. The molecular formula is C25H33N3O4S. The zero-order valence-corrected chi connectivity index (χ0v) is 20.5. The molecule has 33 heavy (non-hydrogen) atoms. The van der Waals surface area contributed by atoms with E-state index in [1.165, 1.54) is 12.1 Å². The molecule has 7 nitrogen and oxygen atoms in total. The summed E-state index contributed by atoms with van der Waals surface area (Å²) in [7, 11) is -3.38. The number of benzene rings is 2. The van der Waals surface area contributed by atoms with E-state index in [2.05, 4.69) is 15.5 Å². The number of likely N-dealkylation sites (tertiary alicyclic amines) is 1. The average Bonchev–Trinajstić information content (AvgIpc) is 2.73. The monoisotopic (exact) mass is 471 g/mol. The van der Waals surface area contributed by atoms with Crippen molar-refractivity contribution in [3.63, 3.8) is 0 Å². The SMILES string of the molecule is CC(C)(C)NC(=O)C1CCN(Cc2cccc(NC(=O)c3cccc(S(C)(=O)=O)c3)c2)CC1. The van der Waals surface area contributed by atoms with Gasteiger partial charge in [0.05, 0.1) is 4.90 Å².